The van der Waals surface area contributed by atoms with Crippen LogP contribution in [0.2, 0.25) is 0 Å². The van der Waals surface area contributed by atoms with Gasteiger partial charge in [-0.3, -0.25) is 9.59 Å². The van der Waals surface area contributed by atoms with E-state index in [2.05, 4.69) is 16.0 Å². The van der Waals surface area contributed by atoms with Crippen molar-refractivity contribution in [2.24, 2.45) is 5.73 Å². The molecule has 4 amide bonds. The minimum Gasteiger partial charge on any atom is -0.370 e. The van der Waals surface area contributed by atoms with Gasteiger partial charge < -0.3 is 31.3 Å². The summed E-state index contributed by atoms with van der Waals surface area (Å²) < 4.78 is 45.9. The van der Waals surface area contributed by atoms with Gasteiger partial charge in [0.1, 0.15) is 12.6 Å². The number of carbonyl (C=O) groups is 3. The van der Waals surface area contributed by atoms with Crippen molar-refractivity contribution in [2.45, 2.75) is 37.5 Å². The molecule has 1 aliphatic carbocycles. The summed E-state index contributed by atoms with van der Waals surface area (Å²) in [6, 6.07) is 1.48. The van der Waals surface area contributed by atoms with Gasteiger partial charge in [-0.25, -0.2) is 4.79 Å². The average Bonchev–Trinajstić information content (AvgIpc) is 2.68. The Morgan fingerprint density at radius 3 is 2.61 bits per heavy atom. The van der Waals surface area contributed by atoms with Crippen molar-refractivity contribution in [3.63, 3.8) is 0 Å². The van der Waals surface area contributed by atoms with Gasteiger partial charge in [0.15, 0.2) is 0 Å². The van der Waals surface area contributed by atoms with Crippen molar-refractivity contribution < 1.29 is 32.3 Å². The summed E-state index contributed by atoms with van der Waals surface area (Å²) in [5.41, 5.74) is 4.03. The van der Waals surface area contributed by atoms with Crippen LogP contribution in [-0.2, 0) is 20.5 Å². The number of morpholine rings is 1. The second-order valence-corrected chi connectivity index (χ2v) is 7.35. The molecular formula is C19H24F3N5O4. The van der Waals surface area contributed by atoms with Crippen molar-refractivity contribution >= 4 is 29.2 Å². The molecule has 9 nitrogen and oxygen atoms in total. The maximum atomic E-state index is 13.6. The number of nitrogens with one attached hydrogen (secondary N) is 3. The Hall–Kier alpha value is -2.86. The maximum Gasteiger partial charge on any atom is 0.418 e. The summed E-state index contributed by atoms with van der Waals surface area (Å²) in [5.74, 6) is -1.34. The quantitative estimate of drug-likeness (QED) is 0.526. The molecule has 170 valence electrons. The summed E-state index contributed by atoms with van der Waals surface area (Å²) in [6.45, 7) is -0.434. The number of amides is 4. The van der Waals surface area contributed by atoms with Gasteiger partial charge in [-0.1, -0.05) is 0 Å². The third-order valence-electron chi connectivity index (χ3n) is 5.14. The lowest BCUT2D eigenvalue weighted by Gasteiger charge is -2.29. The van der Waals surface area contributed by atoms with E-state index in [4.69, 9.17) is 10.5 Å². The average molecular weight is 443 g/mol. The lowest BCUT2D eigenvalue weighted by molar-refractivity contribution is -0.137. The third-order valence-corrected chi connectivity index (χ3v) is 5.14. The molecule has 0 unspecified atom stereocenters. The van der Waals surface area contributed by atoms with Crippen LogP contribution in [0.1, 0.15) is 24.8 Å². The van der Waals surface area contributed by atoms with Gasteiger partial charge in [-0.15, -0.1) is 0 Å². The largest absolute Gasteiger partial charge is 0.418 e. The van der Waals surface area contributed by atoms with Gasteiger partial charge in [-0.2, -0.15) is 13.2 Å². The minimum absolute atomic E-state index is 0.0110. The molecule has 2 aliphatic rings. The first kappa shape index (κ1) is 22.8. The third kappa shape index (κ3) is 5.64. The first-order chi connectivity index (χ1) is 14.7. The van der Waals surface area contributed by atoms with Gasteiger partial charge in [0.05, 0.1) is 17.9 Å². The highest BCUT2D eigenvalue weighted by Crippen LogP contribution is 2.38. The molecular weight excluding hydrogens is 419 g/mol. The van der Waals surface area contributed by atoms with Gasteiger partial charge in [0.2, 0.25) is 5.91 Å². The van der Waals surface area contributed by atoms with E-state index < -0.39 is 35.6 Å². The second kappa shape index (κ2) is 9.52. The van der Waals surface area contributed by atoms with Crippen molar-refractivity contribution in [1.29, 1.82) is 0 Å². The van der Waals surface area contributed by atoms with Crippen LogP contribution in [0.3, 0.4) is 0 Å². The predicted octanol–water partition coefficient (Wildman–Crippen LogP) is 1.19. The van der Waals surface area contributed by atoms with Gasteiger partial charge in [0.25, 0.3) is 5.91 Å². The molecule has 31 heavy (non-hydrogen) atoms. The lowest BCUT2D eigenvalue weighted by Crippen LogP contribution is -2.54. The Morgan fingerprint density at radius 1 is 1.29 bits per heavy atom. The normalized spacial score (nSPS) is 18.2. The molecule has 1 saturated carbocycles. The number of nitrogens with zero attached hydrogens (tertiary/aromatic N) is 1. The van der Waals surface area contributed by atoms with E-state index in [1.165, 1.54) is 6.07 Å². The molecule has 2 fully saturated rings. The van der Waals surface area contributed by atoms with Crippen LogP contribution in [0.4, 0.5) is 29.3 Å². The number of ether oxygens (including phenoxy) is 1. The summed E-state index contributed by atoms with van der Waals surface area (Å²) >= 11 is 0. The Labute approximate surface area is 176 Å². The van der Waals surface area contributed by atoms with E-state index in [1.807, 2.05) is 0 Å². The zero-order valence-corrected chi connectivity index (χ0v) is 16.6. The van der Waals surface area contributed by atoms with Crippen LogP contribution in [0.15, 0.2) is 18.2 Å². The van der Waals surface area contributed by atoms with Crippen molar-refractivity contribution in [2.75, 3.05) is 36.5 Å². The summed E-state index contributed by atoms with van der Waals surface area (Å²) in [6.07, 6.45) is -2.04. The molecule has 0 radical (unpaired) electrons. The smallest absolute Gasteiger partial charge is 0.370 e. The van der Waals surface area contributed by atoms with Crippen LogP contribution < -0.4 is 26.6 Å². The monoisotopic (exact) mass is 443 g/mol. The number of carbonyl (C=O) groups excluding carboxylic acids is 3. The van der Waals surface area contributed by atoms with Crippen molar-refractivity contribution in [3.8, 4) is 0 Å². The molecule has 5 N–H and O–H groups in total. The Kier molecular flexibility index (Phi) is 7.01. The molecule has 12 heteroatoms. The van der Waals surface area contributed by atoms with E-state index in [0.717, 1.165) is 36.3 Å². The molecule has 1 aromatic rings. The minimum atomic E-state index is -4.76. The van der Waals surface area contributed by atoms with Crippen LogP contribution in [-0.4, -0.2) is 56.2 Å². The molecule has 1 aromatic carbocycles. The number of rotatable bonds is 6. The highest BCUT2D eigenvalue weighted by Gasteiger charge is 2.37. The van der Waals surface area contributed by atoms with Gasteiger partial charge >= 0.3 is 12.2 Å². The van der Waals surface area contributed by atoms with Gasteiger partial charge in [0, 0.05) is 24.8 Å². The lowest BCUT2D eigenvalue weighted by atomic mass is 9.93. The number of hydrogen-bond acceptors (Lipinski definition) is 5. The molecule has 0 spiro atoms. The number of halogens is 3. The Morgan fingerprint density at radius 2 is 2.03 bits per heavy atom. The highest BCUT2D eigenvalue weighted by molar-refractivity contribution is 5.99. The number of benzene rings is 1. The van der Waals surface area contributed by atoms with Crippen LogP contribution in [0, 0.1) is 0 Å². The maximum absolute atomic E-state index is 13.6. The van der Waals surface area contributed by atoms with E-state index in [0.29, 0.717) is 0 Å². The number of anilines is 2. The SMILES string of the molecule is NC[C@H](NC(=O)NC1CCC1)C(=O)Nc1ccc(N2CCOCC2=O)c(C(F)(F)F)c1. The van der Waals surface area contributed by atoms with Crippen molar-refractivity contribution in [3.05, 3.63) is 23.8 Å². The highest BCUT2D eigenvalue weighted by atomic mass is 19.4. The van der Waals surface area contributed by atoms with E-state index in [-0.39, 0.29) is 43.7 Å². The fourth-order valence-electron chi connectivity index (χ4n) is 3.25. The molecule has 0 bridgehead atoms. The predicted molar refractivity (Wildman–Crippen MR) is 105 cm³/mol. The van der Waals surface area contributed by atoms with E-state index in [1.54, 1.807) is 0 Å². The summed E-state index contributed by atoms with van der Waals surface area (Å²) in [4.78, 5) is 37.4. The zero-order chi connectivity index (χ0) is 22.6. The molecule has 3 rings (SSSR count). The Bertz CT molecular complexity index is 844. The van der Waals surface area contributed by atoms with E-state index in [9.17, 15) is 27.6 Å². The van der Waals surface area contributed by atoms with Crippen LogP contribution >= 0.6 is 0 Å². The van der Waals surface area contributed by atoms with Crippen molar-refractivity contribution in [1.82, 2.24) is 10.6 Å². The van der Waals surface area contributed by atoms with E-state index >= 15 is 0 Å². The standard InChI is InChI=1S/C19H24F3N5O4/c20-19(21,22)13-8-12(4-5-15(13)27-6-7-31-10-16(27)28)24-17(29)14(9-23)26-18(30)25-11-2-1-3-11/h4-5,8,11,14H,1-3,6-7,9-10,23H2,(H,24,29)(H2,25,26,30)/t14-/m0/s1. The fourth-order valence-corrected chi connectivity index (χ4v) is 3.25. The fraction of sp³-hybridized carbons (Fsp3) is 0.526. The molecule has 1 atom stereocenters. The van der Waals surface area contributed by atoms with Crippen LogP contribution in [0.5, 0.6) is 0 Å². The first-order valence-electron chi connectivity index (χ1n) is 9.86. The number of alkyl halides is 3. The first-order valence-corrected chi connectivity index (χ1v) is 9.86. The molecule has 1 aliphatic heterocycles. The topological polar surface area (TPSA) is 126 Å². The summed E-state index contributed by atoms with van der Waals surface area (Å²) in [7, 11) is 0. The molecule has 0 aromatic heterocycles. The number of urea groups is 1. The molecule has 1 saturated heterocycles. The number of nitrogens with two attached hydrogens (primary N) is 1. The van der Waals surface area contributed by atoms with Crippen LogP contribution in [0.25, 0.3) is 0 Å². The molecule has 1 heterocycles. The second-order valence-electron chi connectivity index (χ2n) is 7.35. The Balaban J connectivity index is 1.73. The zero-order valence-electron chi connectivity index (χ0n) is 16.6. The number of hydrogen-bond donors (Lipinski definition) is 4. The van der Waals surface area contributed by atoms with Gasteiger partial charge in [-0.05, 0) is 37.5 Å². The summed E-state index contributed by atoms with van der Waals surface area (Å²) in [5, 5.41) is 7.46.